The number of hydrogen-bond acceptors (Lipinski definition) is 4. The average molecular weight is 288 g/mol. The highest BCUT2D eigenvalue weighted by molar-refractivity contribution is 5.85. The van der Waals surface area contributed by atoms with E-state index in [1.807, 2.05) is 18.2 Å². The van der Waals surface area contributed by atoms with Gasteiger partial charge in [0.1, 0.15) is 18.1 Å². The molecule has 21 heavy (non-hydrogen) atoms. The number of ether oxygens (including phenoxy) is 2. The lowest BCUT2D eigenvalue weighted by Crippen LogP contribution is -1.95. The summed E-state index contributed by atoms with van der Waals surface area (Å²) in [6.07, 6.45) is 4.17. The molecule has 1 aromatic heterocycles. The van der Waals surface area contributed by atoms with Gasteiger partial charge < -0.3 is 19.0 Å². The second kappa shape index (κ2) is 7.31. The number of carboxylic acid groups (broad SMARTS) is 1. The maximum absolute atomic E-state index is 10.6. The molecule has 5 heteroatoms. The summed E-state index contributed by atoms with van der Waals surface area (Å²) < 4.78 is 15.9. The molecule has 0 aliphatic carbocycles. The number of rotatable bonds is 7. The molecule has 5 nitrogen and oxygen atoms in total. The fraction of sp³-hybridized carbons (Fsp3) is 0.188. The number of methoxy groups -OCH3 is 1. The van der Waals surface area contributed by atoms with Gasteiger partial charge in [0, 0.05) is 11.6 Å². The van der Waals surface area contributed by atoms with Crippen molar-refractivity contribution < 1.29 is 23.8 Å². The van der Waals surface area contributed by atoms with Crippen molar-refractivity contribution in [1.82, 2.24) is 0 Å². The Labute approximate surface area is 122 Å². The minimum Gasteiger partial charge on any atom is -0.496 e. The van der Waals surface area contributed by atoms with Crippen LogP contribution in [0.1, 0.15) is 16.9 Å². The topological polar surface area (TPSA) is 68.9 Å². The molecule has 0 saturated heterocycles. The maximum atomic E-state index is 10.6. The van der Waals surface area contributed by atoms with Crippen molar-refractivity contribution in [3.63, 3.8) is 0 Å². The minimum absolute atomic E-state index is 0.388. The number of hydrogen-bond donors (Lipinski definition) is 1. The zero-order valence-corrected chi connectivity index (χ0v) is 11.6. The molecule has 2 aromatic rings. The summed E-state index contributed by atoms with van der Waals surface area (Å²) >= 11 is 0. The summed E-state index contributed by atoms with van der Waals surface area (Å²) in [7, 11) is 1.54. The minimum atomic E-state index is -1.00. The smallest absolute Gasteiger partial charge is 0.328 e. The number of furan rings is 1. The van der Waals surface area contributed by atoms with E-state index in [0.29, 0.717) is 24.5 Å². The zero-order valence-electron chi connectivity index (χ0n) is 11.6. The van der Waals surface area contributed by atoms with Crippen molar-refractivity contribution in [3.8, 4) is 5.75 Å². The molecule has 0 amide bonds. The quantitative estimate of drug-likeness (QED) is 0.793. The molecule has 0 aliphatic heterocycles. The third-order valence-electron chi connectivity index (χ3n) is 2.79. The van der Waals surface area contributed by atoms with Crippen LogP contribution in [-0.4, -0.2) is 18.2 Å². The Hall–Kier alpha value is -2.53. The van der Waals surface area contributed by atoms with E-state index in [1.54, 1.807) is 25.5 Å². The van der Waals surface area contributed by atoms with Crippen LogP contribution in [0, 0.1) is 0 Å². The fourth-order valence-electron chi connectivity index (χ4n) is 1.83. The van der Waals surface area contributed by atoms with Gasteiger partial charge in [-0.05, 0) is 35.9 Å². The second-order valence-corrected chi connectivity index (χ2v) is 4.32. The van der Waals surface area contributed by atoms with Crippen LogP contribution in [0.25, 0.3) is 6.08 Å². The molecule has 1 heterocycles. The Kier molecular flexibility index (Phi) is 5.17. The van der Waals surface area contributed by atoms with E-state index >= 15 is 0 Å². The van der Waals surface area contributed by atoms with E-state index in [2.05, 4.69) is 0 Å². The van der Waals surface area contributed by atoms with Crippen LogP contribution in [0.2, 0.25) is 0 Å². The van der Waals surface area contributed by atoms with E-state index in [1.165, 1.54) is 6.08 Å². The van der Waals surface area contributed by atoms with Crippen LogP contribution in [0.15, 0.2) is 47.1 Å². The summed E-state index contributed by atoms with van der Waals surface area (Å²) in [6, 6.07) is 9.14. The van der Waals surface area contributed by atoms with Gasteiger partial charge in [0.05, 0.1) is 20.0 Å². The fourth-order valence-corrected chi connectivity index (χ4v) is 1.83. The molecule has 0 aliphatic rings. The largest absolute Gasteiger partial charge is 0.496 e. The van der Waals surface area contributed by atoms with Gasteiger partial charge in [0.15, 0.2) is 0 Å². The van der Waals surface area contributed by atoms with Crippen LogP contribution in [0.3, 0.4) is 0 Å². The molecular weight excluding hydrogens is 272 g/mol. The van der Waals surface area contributed by atoms with Crippen LogP contribution in [0.4, 0.5) is 0 Å². The van der Waals surface area contributed by atoms with Crippen LogP contribution < -0.4 is 4.74 Å². The van der Waals surface area contributed by atoms with E-state index in [4.69, 9.17) is 19.0 Å². The molecule has 1 N–H and O–H groups in total. The van der Waals surface area contributed by atoms with E-state index < -0.39 is 5.97 Å². The second-order valence-electron chi connectivity index (χ2n) is 4.32. The molecule has 0 unspecified atom stereocenters. The predicted octanol–water partition coefficient (Wildman–Crippen LogP) is 3.10. The molecule has 0 atom stereocenters. The Morgan fingerprint density at radius 2 is 2.19 bits per heavy atom. The van der Waals surface area contributed by atoms with Crippen molar-refractivity contribution in [3.05, 3.63) is 59.6 Å². The van der Waals surface area contributed by atoms with Gasteiger partial charge in [0.25, 0.3) is 0 Å². The normalized spacial score (nSPS) is 10.9. The van der Waals surface area contributed by atoms with Crippen molar-refractivity contribution in [2.24, 2.45) is 0 Å². The van der Waals surface area contributed by atoms with E-state index in [0.717, 1.165) is 17.4 Å². The highest BCUT2D eigenvalue weighted by Crippen LogP contribution is 2.22. The first-order chi connectivity index (χ1) is 10.2. The van der Waals surface area contributed by atoms with Crippen molar-refractivity contribution in [1.29, 1.82) is 0 Å². The van der Waals surface area contributed by atoms with E-state index in [-0.39, 0.29) is 0 Å². The lowest BCUT2D eigenvalue weighted by molar-refractivity contribution is -0.131. The molecule has 0 bridgehead atoms. The standard InChI is InChI=1S/C16H16O5/c1-19-15-6-4-12(9-13(15)5-7-16(17)18)10-20-11-14-3-2-8-21-14/h2-9H,10-11H2,1H3,(H,17,18). The van der Waals surface area contributed by atoms with E-state index in [9.17, 15) is 4.79 Å². The van der Waals surface area contributed by atoms with Gasteiger partial charge in [-0.3, -0.25) is 0 Å². The van der Waals surface area contributed by atoms with Gasteiger partial charge in [-0.15, -0.1) is 0 Å². The monoisotopic (exact) mass is 288 g/mol. The first-order valence-corrected chi connectivity index (χ1v) is 6.37. The Morgan fingerprint density at radius 3 is 2.86 bits per heavy atom. The SMILES string of the molecule is COc1ccc(COCc2ccco2)cc1C=CC(=O)O. The zero-order chi connectivity index (χ0) is 15.1. The lowest BCUT2D eigenvalue weighted by Gasteiger charge is -2.08. The molecule has 0 radical (unpaired) electrons. The number of benzene rings is 1. The molecule has 0 saturated carbocycles. The summed E-state index contributed by atoms with van der Waals surface area (Å²) in [5.74, 6) is 0.369. The van der Waals surface area contributed by atoms with Gasteiger partial charge >= 0.3 is 5.97 Å². The molecule has 1 aromatic carbocycles. The molecule has 110 valence electrons. The Bertz CT molecular complexity index is 614. The van der Waals surface area contributed by atoms with Crippen LogP contribution in [-0.2, 0) is 22.7 Å². The number of aliphatic carboxylic acids is 1. The number of carbonyl (C=O) groups is 1. The van der Waals surface area contributed by atoms with Gasteiger partial charge in [-0.1, -0.05) is 6.07 Å². The first kappa shape index (κ1) is 14.9. The highest BCUT2D eigenvalue weighted by atomic mass is 16.5. The molecule has 0 fully saturated rings. The maximum Gasteiger partial charge on any atom is 0.328 e. The predicted molar refractivity (Wildman–Crippen MR) is 76.9 cm³/mol. The molecule has 2 rings (SSSR count). The summed E-state index contributed by atoms with van der Waals surface area (Å²) in [5.41, 5.74) is 1.62. The highest BCUT2D eigenvalue weighted by Gasteiger charge is 2.03. The molecule has 0 spiro atoms. The van der Waals surface area contributed by atoms with Gasteiger partial charge in [0.2, 0.25) is 0 Å². The molecular formula is C16H16O5. The van der Waals surface area contributed by atoms with Crippen LogP contribution >= 0.6 is 0 Å². The third-order valence-corrected chi connectivity index (χ3v) is 2.79. The average Bonchev–Trinajstić information content (AvgIpc) is 2.98. The first-order valence-electron chi connectivity index (χ1n) is 6.37. The van der Waals surface area contributed by atoms with Gasteiger partial charge in [-0.2, -0.15) is 0 Å². The summed E-state index contributed by atoms with van der Waals surface area (Å²) in [4.78, 5) is 10.6. The van der Waals surface area contributed by atoms with Crippen molar-refractivity contribution >= 4 is 12.0 Å². The van der Waals surface area contributed by atoms with Crippen molar-refractivity contribution in [2.75, 3.05) is 7.11 Å². The Morgan fingerprint density at radius 1 is 1.33 bits per heavy atom. The Balaban J connectivity index is 2.02. The number of carboxylic acids is 1. The van der Waals surface area contributed by atoms with Crippen molar-refractivity contribution in [2.45, 2.75) is 13.2 Å². The summed E-state index contributed by atoms with van der Waals surface area (Å²) in [6.45, 7) is 0.790. The van der Waals surface area contributed by atoms with Crippen LogP contribution in [0.5, 0.6) is 5.75 Å². The van der Waals surface area contributed by atoms with Gasteiger partial charge in [-0.25, -0.2) is 4.79 Å². The summed E-state index contributed by atoms with van der Waals surface area (Å²) in [5, 5.41) is 8.69. The third kappa shape index (κ3) is 4.50. The lowest BCUT2D eigenvalue weighted by atomic mass is 10.1.